The minimum Gasteiger partial charge on any atom is -0.338 e. The van der Waals surface area contributed by atoms with Gasteiger partial charge in [0.05, 0.1) is 5.69 Å². The van der Waals surface area contributed by atoms with Crippen molar-refractivity contribution in [2.75, 3.05) is 12.4 Å². The summed E-state index contributed by atoms with van der Waals surface area (Å²) in [5, 5.41) is 6.71. The van der Waals surface area contributed by atoms with Gasteiger partial charge in [0.1, 0.15) is 0 Å². The van der Waals surface area contributed by atoms with Crippen LogP contribution >= 0.6 is 11.3 Å². The van der Waals surface area contributed by atoms with Crippen molar-refractivity contribution in [3.05, 3.63) is 47.8 Å². The lowest BCUT2D eigenvalue weighted by Gasteiger charge is -2.60. The van der Waals surface area contributed by atoms with Gasteiger partial charge in [0.2, 0.25) is 5.91 Å². The van der Waals surface area contributed by atoms with Crippen molar-refractivity contribution in [2.24, 2.45) is 28.6 Å². The van der Waals surface area contributed by atoms with Crippen LogP contribution in [0.5, 0.6) is 0 Å². The molecule has 7 atom stereocenters. The summed E-state index contributed by atoms with van der Waals surface area (Å²) in [6.45, 7) is 4.99. The summed E-state index contributed by atoms with van der Waals surface area (Å²) in [6.07, 6.45) is 15.2. The molecule has 2 aromatic heterocycles. The van der Waals surface area contributed by atoms with Gasteiger partial charge >= 0.3 is 0 Å². The van der Waals surface area contributed by atoms with Gasteiger partial charge in [-0.25, -0.2) is 4.98 Å². The SMILES string of the molecule is CN1C(=O)C=C[C@@]2(C)C1CC[C@@H]1[C@H]2CC[C@]2(C)C(c3csc(Nc4ccncc4)n3)CC[C@@H]12. The fourth-order valence-electron chi connectivity index (χ4n) is 8.29. The highest BCUT2D eigenvalue weighted by atomic mass is 32.1. The molecular weight excluding hydrogens is 428 g/mol. The van der Waals surface area contributed by atoms with Gasteiger partial charge in [-0.1, -0.05) is 19.9 Å². The van der Waals surface area contributed by atoms with E-state index < -0.39 is 0 Å². The quantitative estimate of drug-likeness (QED) is 0.607. The van der Waals surface area contributed by atoms with E-state index in [1.165, 1.54) is 37.8 Å². The number of carbonyl (C=O) groups is 1. The molecule has 33 heavy (non-hydrogen) atoms. The number of likely N-dealkylation sites (N-methyl/N-ethyl adjacent to an activating group) is 1. The predicted octanol–water partition coefficient (Wildman–Crippen LogP) is 6.00. The molecule has 3 saturated carbocycles. The number of nitrogens with zero attached hydrogens (tertiary/aromatic N) is 3. The lowest BCUT2D eigenvalue weighted by molar-refractivity contribution is -0.138. The second kappa shape index (κ2) is 7.66. The minimum absolute atomic E-state index is 0.118. The number of hydrogen-bond acceptors (Lipinski definition) is 5. The van der Waals surface area contributed by atoms with Crippen LogP contribution in [0.3, 0.4) is 0 Å². The van der Waals surface area contributed by atoms with E-state index in [4.69, 9.17) is 4.98 Å². The standard InChI is InChI=1S/C27H34N4OS/c1-26-12-8-20-18(4-7-23-27(20,2)13-9-24(32)31(23)3)19(26)5-6-21(26)22-16-33-25(30-22)29-17-10-14-28-15-11-17/h9-11,13-16,18-21,23H,4-8,12H2,1-3H3,(H,28,29,30)/t18-,19-,20+,21?,23?,26-,27+/m0/s1. The Kier molecular flexibility index (Phi) is 4.95. The van der Waals surface area contributed by atoms with Crippen molar-refractivity contribution in [3.8, 4) is 0 Å². The lowest BCUT2D eigenvalue weighted by atomic mass is 9.47. The van der Waals surface area contributed by atoms with E-state index in [-0.39, 0.29) is 11.3 Å². The minimum atomic E-state index is 0.118. The second-order valence-electron chi connectivity index (χ2n) is 11.2. The maximum Gasteiger partial charge on any atom is 0.246 e. The molecule has 0 radical (unpaired) electrons. The van der Waals surface area contributed by atoms with Crippen LogP contribution in [0, 0.1) is 28.6 Å². The van der Waals surface area contributed by atoms with Crippen molar-refractivity contribution >= 4 is 28.1 Å². The van der Waals surface area contributed by atoms with Crippen molar-refractivity contribution in [2.45, 2.75) is 64.3 Å². The highest BCUT2D eigenvalue weighted by Crippen LogP contribution is 2.67. The van der Waals surface area contributed by atoms with Crippen LogP contribution < -0.4 is 5.32 Å². The molecule has 6 heteroatoms. The van der Waals surface area contributed by atoms with Gasteiger partial charge in [0, 0.05) is 47.9 Å². The number of thiazole rings is 1. The highest BCUT2D eigenvalue weighted by Gasteiger charge is 2.60. The van der Waals surface area contributed by atoms with Crippen LogP contribution in [-0.4, -0.2) is 33.9 Å². The zero-order valence-electron chi connectivity index (χ0n) is 19.8. The van der Waals surface area contributed by atoms with Gasteiger partial charge in [0.15, 0.2) is 5.13 Å². The normalized spacial score (nSPS) is 39.7. The lowest BCUT2D eigenvalue weighted by Crippen LogP contribution is -2.59. The Hall–Kier alpha value is -2.21. The van der Waals surface area contributed by atoms with Gasteiger partial charge in [-0.3, -0.25) is 9.78 Å². The smallest absolute Gasteiger partial charge is 0.246 e. The van der Waals surface area contributed by atoms with Crippen LogP contribution in [0.4, 0.5) is 10.8 Å². The number of aromatic nitrogens is 2. The van der Waals surface area contributed by atoms with E-state index in [0.717, 1.165) is 29.1 Å². The molecule has 1 aliphatic heterocycles. The first-order valence-corrected chi connectivity index (χ1v) is 13.4. The highest BCUT2D eigenvalue weighted by molar-refractivity contribution is 7.13. The van der Waals surface area contributed by atoms with Crippen LogP contribution in [0.2, 0.25) is 0 Å². The molecule has 6 rings (SSSR count). The molecule has 3 fully saturated rings. The third-order valence-electron chi connectivity index (χ3n) is 9.94. The van der Waals surface area contributed by atoms with Crippen molar-refractivity contribution in [3.63, 3.8) is 0 Å². The number of anilines is 2. The summed E-state index contributed by atoms with van der Waals surface area (Å²) in [4.78, 5) is 23.5. The Morgan fingerprint density at radius 2 is 1.91 bits per heavy atom. The fraction of sp³-hybridized carbons (Fsp3) is 0.593. The Morgan fingerprint density at radius 3 is 2.73 bits per heavy atom. The molecule has 4 aliphatic rings. The summed E-state index contributed by atoms with van der Waals surface area (Å²) in [5.74, 6) is 2.92. The van der Waals surface area contributed by atoms with Crippen LogP contribution in [-0.2, 0) is 4.79 Å². The zero-order valence-corrected chi connectivity index (χ0v) is 20.6. The van der Waals surface area contributed by atoms with Crippen molar-refractivity contribution < 1.29 is 4.79 Å². The molecule has 0 aromatic carbocycles. The Bertz CT molecular complexity index is 1080. The van der Waals surface area contributed by atoms with Gasteiger partial charge in [-0.05, 0) is 79.9 Å². The van der Waals surface area contributed by atoms with Crippen molar-refractivity contribution in [1.82, 2.24) is 14.9 Å². The summed E-state index contributed by atoms with van der Waals surface area (Å²) in [5.41, 5.74) is 2.76. The molecule has 174 valence electrons. The number of pyridine rings is 1. The number of carbonyl (C=O) groups excluding carboxylic acids is 1. The molecular formula is C27H34N4OS. The molecule has 0 bridgehead atoms. The largest absolute Gasteiger partial charge is 0.338 e. The summed E-state index contributed by atoms with van der Waals surface area (Å²) < 4.78 is 0. The maximum absolute atomic E-state index is 12.3. The average molecular weight is 463 g/mol. The Labute approximate surface area is 200 Å². The topological polar surface area (TPSA) is 58.1 Å². The first kappa shape index (κ1) is 21.3. The molecule has 3 heterocycles. The van der Waals surface area contributed by atoms with E-state index in [1.807, 2.05) is 42.6 Å². The zero-order chi connectivity index (χ0) is 22.8. The van der Waals surface area contributed by atoms with E-state index in [9.17, 15) is 4.79 Å². The van der Waals surface area contributed by atoms with Crippen molar-refractivity contribution in [1.29, 1.82) is 0 Å². The number of hydrogen-bond donors (Lipinski definition) is 1. The monoisotopic (exact) mass is 462 g/mol. The van der Waals surface area contributed by atoms with E-state index in [2.05, 4.69) is 35.6 Å². The van der Waals surface area contributed by atoms with Crippen LogP contribution in [0.1, 0.15) is 64.0 Å². The summed E-state index contributed by atoms with van der Waals surface area (Å²) in [6, 6.07) is 4.33. The summed E-state index contributed by atoms with van der Waals surface area (Å²) >= 11 is 1.72. The fourth-order valence-corrected chi connectivity index (χ4v) is 9.07. The molecule has 2 aromatic rings. The number of amides is 1. The Morgan fingerprint density at radius 1 is 1.09 bits per heavy atom. The van der Waals surface area contributed by atoms with E-state index in [0.29, 0.717) is 23.3 Å². The predicted molar refractivity (Wildman–Crippen MR) is 132 cm³/mol. The summed E-state index contributed by atoms with van der Waals surface area (Å²) in [7, 11) is 2.01. The molecule has 5 nitrogen and oxygen atoms in total. The van der Waals surface area contributed by atoms with Gasteiger partial charge in [0.25, 0.3) is 0 Å². The van der Waals surface area contributed by atoms with Crippen LogP contribution in [0.15, 0.2) is 42.1 Å². The number of fused-ring (bicyclic) bond motifs is 5. The third-order valence-corrected chi connectivity index (χ3v) is 10.7. The molecule has 0 spiro atoms. The first-order valence-electron chi connectivity index (χ1n) is 12.5. The Balaban J connectivity index is 1.24. The molecule has 2 unspecified atom stereocenters. The molecule has 0 saturated heterocycles. The second-order valence-corrected chi connectivity index (χ2v) is 12.1. The molecule has 3 aliphatic carbocycles. The molecule has 1 amide bonds. The first-order chi connectivity index (χ1) is 15.9. The number of rotatable bonds is 3. The average Bonchev–Trinajstić information content (AvgIpc) is 3.41. The van der Waals surface area contributed by atoms with Gasteiger partial charge in [-0.15, -0.1) is 11.3 Å². The van der Waals surface area contributed by atoms with Gasteiger partial charge < -0.3 is 10.2 Å². The van der Waals surface area contributed by atoms with Crippen LogP contribution in [0.25, 0.3) is 0 Å². The number of nitrogens with one attached hydrogen (secondary N) is 1. The van der Waals surface area contributed by atoms with E-state index >= 15 is 0 Å². The molecule has 1 N–H and O–H groups in total. The van der Waals surface area contributed by atoms with Gasteiger partial charge in [-0.2, -0.15) is 0 Å². The third kappa shape index (κ3) is 3.20. The van der Waals surface area contributed by atoms with E-state index in [1.54, 1.807) is 11.3 Å². The maximum atomic E-state index is 12.3.